The number of likely N-dealkylation sites (tertiary alicyclic amines) is 1. The van der Waals surface area contributed by atoms with Gasteiger partial charge in [-0.25, -0.2) is 0 Å². The summed E-state index contributed by atoms with van der Waals surface area (Å²) in [5.41, 5.74) is 1.31. The first-order valence-corrected chi connectivity index (χ1v) is 11.8. The average Bonchev–Trinajstić information content (AvgIpc) is 3.08. The monoisotopic (exact) mass is 466 g/mol. The van der Waals surface area contributed by atoms with E-state index in [-0.39, 0.29) is 11.3 Å². The summed E-state index contributed by atoms with van der Waals surface area (Å²) < 4.78 is 11.2. The Kier molecular flexibility index (Phi) is 8.71. The van der Waals surface area contributed by atoms with Crippen LogP contribution in [0.1, 0.15) is 43.9 Å². The molecule has 1 fully saturated rings. The molecule has 0 saturated carbocycles. The van der Waals surface area contributed by atoms with Crippen LogP contribution in [0.2, 0.25) is 0 Å². The third-order valence-electron chi connectivity index (χ3n) is 5.65. The summed E-state index contributed by atoms with van der Waals surface area (Å²) in [7, 11) is 3.93. The van der Waals surface area contributed by atoms with Crippen LogP contribution < -0.4 is 9.47 Å². The Balaban J connectivity index is 2.01. The van der Waals surface area contributed by atoms with Gasteiger partial charge < -0.3 is 24.4 Å². The lowest BCUT2D eigenvalue weighted by molar-refractivity contribution is -0.139. The fourth-order valence-electron chi connectivity index (χ4n) is 4.01. The van der Waals surface area contributed by atoms with Crippen LogP contribution in [0, 0.1) is 0 Å². The van der Waals surface area contributed by atoms with Gasteiger partial charge in [-0.2, -0.15) is 0 Å². The maximum atomic E-state index is 13.1. The highest BCUT2D eigenvalue weighted by Gasteiger charge is 2.45. The fourth-order valence-corrected chi connectivity index (χ4v) is 4.01. The molecule has 1 N–H and O–H groups in total. The van der Waals surface area contributed by atoms with E-state index in [1.165, 1.54) is 0 Å². The van der Waals surface area contributed by atoms with Gasteiger partial charge in [0.15, 0.2) is 0 Å². The van der Waals surface area contributed by atoms with Crippen molar-refractivity contribution >= 4 is 17.4 Å². The van der Waals surface area contributed by atoms with E-state index in [1.54, 1.807) is 29.2 Å². The number of carbonyl (C=O) groups excluding carboxylic acids is 2. The Morgan fingerprint density at radius 2 is 1.59 bits per heavy atom. The molecule has 0 aliphatic carbocycles. The maximum absolute atomic E-state index is 13.1. The minimum atomic E-state index is -0.674. The summed E-state index contributed by atoms with van der Waals surface area (Å²) in [6, 6.07) is 13.6. The Bertz CT molecular complexity index is 1010. The molecule has 34 heavy (non-hydrogen) atoms. The number of aliphatic hydroxyl groups excluding tert-OH is 1. The van der Waals surface area contributed by atoms with E-state index >= 15 is 0 Å². The first-order valence-electron chi connectivity index (χ1n) is 11.8. The zero-order valence-corrected chi connectivity index (χ0v) is 20.4. The van der Waals surface area contributed by atoms with Gasteiger partial charge in [0.1, 0.15) is 17.3 Å². The minimum absolute atomic E-state index is 0.0984. The van der Waals surface area contributed by atoms with Crippen LogP contribution in [0.15, 0.2) is 54.1 Å². The van der Waals surface area contributed by atoms with E-state index in [1.807, 2.05) is 57.1 Å². The molecule has 7 heteroatoms. The third-order valence-corrected chi connectivity index (χ3v) is 5.65. The highest BCUT2D eigenvalue weighted by atomic mass is 16.5. The molecule has 1 heterocycles. The van der Waals surface area contributed by atoms with E-state index in [9.17, 15) is 14.7 Å². The summed E-state index contributed by atoms with van der Waals surface area (Å²) in [5, 5.41) is 11.2. The second kappa shape index (κ2) is 11.7. The molecule has 0 aromatic heterocycles. The van der Waals surface area contributed by atoms with Crippen molar-refractivity contribution in [2.45, 2.75) is 32.7 Å². The van der Waals surface area contributed by atoms with E-state index in [0.717, 1.165) is 18.5 Å². The molecule has 0 radical (unpaired) electrons. The lowest BCUT2D eigenvalue weighted by Crippen LogP contribution is -2.32. The highest BCUT2D eigenvalue weighted by molar-refractivity contribution is 6.46. The SMILES string of the molecule is CCCOc1ccc(C(O)=C2C(=O)C(=O)N(CCCN(C)C)[C@H]2c2ccc(OCC)cc2)cc1. The van der Waals surface area contributed by atoms with Crippen LogP contribution in [-0.2, 0) is 9.59 Å². The number of rotatable bonds is 11. The number of hydrogen-bond acceptors (Lipinski definition) is 6. The Morgan fingerprint density at radius 3 is 2.18 bits per heavy atom. The highest BCUT2D eigenvalue weighted by Crippen LogP contribution is 2.40. The quantitative estimate of drug-likeness (QED) is 0.303. The van der Waals surface area contributed by atoms with Gasteiger partial charge in [-0.15, -0.1) is 0 Å². The van der Waals surface area contributed by atoms with Gasteiger partial charge >= 0.3 is 0 Å². The zero-order valence-electron chi connectivity index (χ0n) is 20.4. The summed E-state index contributed by atoms with van der Waals surface area (Å²) in [5.74, 6) is -0.0619. The zero-order chi connectivity index (χ0) is 24.7. The maximum Gasteiger partial charge on any atom is 0.295 e. The normalized spacial score (nSPS) is 17.4. The molecular formula is C27H34N2O5. The fraction of sp³-hybridized carbons (Fsp3) is 0.407. The summed E-state index contributed by atoms with van der Waals surface area (Å²) in [4.78, 5) is 29.7. The number of ketones is 1. The molecule has 182 valence electrons. The predicted octanol–water partition coefficient (Wildman–Crippen LogP) is 4.25. The van der Waals surface area contributed by atoms with Crippen LogP contribution >= 0.6 is 0 Å². The number of amides is 1. The predicted molar refractivity (Wildman–Crippen MR) is 132 cm³/mol. The van der Waals surface area contributed by atoms with Gasteiger partial charge in [0.25, 0.3) is 11.7 Å². The van der Waals surface area contributed by atoms with Crippen molar-refractivity contribution in [3.63, 3.8) is 0 Å². The number of carbonyl (C=O) groups is 2. The van der Waals surface area contributed by atoms with E-state index < -0.39 is 17.7 Å². The van der Waals surface area contributed by atoms with Crippen molar-refractivity contribution < 1.29 is 24.2 Å². The number of hydrogen-bond donors (Lipinski definition) is 1. The lowest BCUT2D eigenvalue weighted by Gasteiger charge is -2.26. The van der Waals surface area contributed by atoms with Crippen molar-refractivity contribution in [1.29, 1.82) is 0 Å². The average molecular weight is 467 g/mol. The van der Waals surface area contributed by atoms with Crippen molar-refractivity contribution in [2.24, 2.45) is 0 Å². The summed E-state index contributed by atoms with van der Waals surface area (Å²) >= 11 is 0. The Hall–Kier alpha value is -3.32. The largest absolute Gasteiger partial charge is 0.507 e. The molecule has 2 aromatic carbocycles. The van der Waals surface area contributed by atoms with Gasteiger partial charge in [-0.3, -0.25) is 9.59 Å². The molecule has 2 aromatic rings. The first kappa shape index (κ1) is 25.3. The standard InChI is InChI=1S/C27H34N2O5/c1-5-18-34-22-14-10-20(11-15-22)25(30)23-24(19-8-12-21(13-9-19)33-6-2)29(27(32)26(23)31)17-7-16-28(3)4/h8-15,24,30H,5-7,16-18H2,1-4H3/t24-/m0/s1. The summed E-state index contributed by atoms with van der Waals surface area (Å²) in [6.45, 7) is 6.26. The van der Waals surface area contributed by atoms with Crippen molar-refractivity contribution in [3.05, 3.63) is 65.2 Å². The lowest BCUT2D eigenvalue weighted by atomic mass is 9.95. The van der Waals surface area contributed by atoms with E-state index in [4.69, 9.17) is 9.47 Å². The van der Waals surface area contributed by atoms with Gasteiger partial charge in [0.2, 0.25) is 0 Å². The van der Waals surface area contributed by atoms with Gasteiger partial charge in [0.05, 0.1) is 24.8 Å². The molecule has 1 amide bonds. The molecule has 1 saturated heterocycles. The van der Waals surface area contributed by atoms with Gasteiger partial charge in [-0.1, -0.05) is 19.1 Å². The molecule has 1 atom stereocenters. The number of aliphatic hydroxyl groups is 1. The van der Waals surface area contributed by atoms with E-state index in [2.05, 4.69) is 0 Å². The van der Waals surface area contributed by atoms with Crippen molar-refractivity contribution in [2.75, 3.05) is 40.4 Å². The second-order valence-corrected chi connectivity index (χ2v) is 8.52. The molecule has 7 nitrogen and oxygen atoms in total. The molecular weight excluding hydrogens is 432 g/mol. The Labute approximate surface area is 201 Å². The first-order chi connectivity index (χ1) is 16.4. The van der Waals surface area contributed by atoms with Crippen LogP contribution in [0.3, 0.4) is 0 Å². The number of nitrogens with zero attached hydrogens (tertiary/aromatic N) is 2. The molecule has 0 unspecified atom stereocenters. The topological polar surface area (TPSA) is 79.3 Å². The number of benzene rings is 2. The van der Waals surface area contributed by atoms with Crippen LogP contribution in [0.4, 0.5) is 0 Å². The smallest absolute Gasteiger partial charge is 0.295 e. The summed E-state index contributed by atoms with van der Waals surface area (Å²) in [6.07, 6.45) is 1.60. The van der Waals surface area contributed by atoms with Crippen LogP contribution in [0.5, 0.6) is 11.5 Å². The van der Waals surface area contributed by atoms with Gasteiger partial charge in [-0.05, 0) is 82.4 Å². The molecule has 1 aliphatic rings. The molecule has 3 rings (SSSR count). The van der Waals surface area contributed by atoms with Crippen LogP contribution in [-0.4, -0.2) is 67.0 Å². The van der Waals surface area contributed by atoms with Crippen molar-refractivity contribution in [3.8, 4) is 11.5 Å². The molecule has 1 aliphatic heterocycles. The number of Topliss-reactive ketones (excluding diaryl/α,β-unsaturated/α-hetero) is 1. The molecule has 0 bridgehead atoms. The third kappa shape index (κ3) is 5.78. The molecule has 0 spiro atoms. The Morgan fingerprint density at radius 1 is 0.971 bits per heavy atom. The van der Waals surface area contributed by atoms with Gasteiger partial charge in [0, 0.05) is 12.1 Å². The second-order valence-electron chi connectivity index (χ2n) is 8.52. The number of ether oxygens (including phenoxy) is 2. The van der Waals surface area contributed by atoms with E-state index in [0.29, 0.717) is 43.2 Å². The van der Waals surface area contributed by atoms with Crippen LogP contribution in [0.25, 0.3) is 5.76 Å². The minimum Gasteiger partial charge on any atom is -0.507 e. The van der Waals surface area contributed by atoms with Crippen molar-refractivity contribution in [1.82, 2.24) is 9.80 Å².